The van der Waals surface area contributed by atoms with Crippen molar-refractivity contribution in [2.75, 3.05) is 18.4 Å². The first-order valence-corrected chi connectivity index (χ1v) is 13.8. The van der Waals surface area contributed by atoms with Gasteiger partial charge in [-0.2, -0.15) is 0 Å². The lowest BCUT2D eigenvalue weighted by atomic mass is 9.51. The number of carbonyl (C=O) groups excluding carboxylic acids is 1. The minimum absolute atomic E-state index is 0.0651. The first-order chi connectivity index (χ1) is 17.5. The zero-order chi connectivity index (χ0) is 24.6. The van der Waals surface area contributed by atoms with E-state index in [4.69, 9.17) is 17.0 Å². The van der Waals surface area contributed by atoms with Crippen LogP contribution in [0.1, 0.15) is 54.4 Å². The average Bonchev–Trinajstić information content (AvgIpc) is 3.62. The summed E-state index contributed by atoms with van der Waals surface area (Å²) in [5.74, 6) is 2.35. The second-order valence-electron chi connectivity index (χ2n) is 11.6. The third-order valence-corrected chi connectivity index (χ3v) is 9.94. The number of benzene rings is 2. The Bertz CT molecular complexity index is 1240. The number of hydrogen-bond donors (Lipinski definition) is 3. The second-order valence-corrected chi connectivity index (χ2v) is 12.0. The highest BCUT2D eigenvalue weighted by molar-refractivity contribution is 7.80. The minimum atomic E-state index is -0.176. The van der Waals surface area contributed by atoms with Crippen LogP contribution in [0.15, 0.2) is 30.3 Å². The summed E-state index contributed by atoms with van der Waals surface area (Å²) in [6.07, 6.45) is 7.22. The fraction of sp³-hybridized carbons (Fsp3) is 0.517. The first-order valence-electron chi connectivity index (χ1n) is 13.4. The summed E-state index contributed by atoms with van der Waals surface area (Å²) in [5, 5.41) is 17.6. The molecule has 2 aromatic carbocycles. The molecule has 3 fully saturated rings. The summed E-state index contributed by atoms with van der Waals surface area (Å²) in [7, 11) is 0. The maximum absolute atomic E-state index is 11.4. The zero-order valence-electron chi connectivity index (χ0n) is 20.6. The molecule has 188 valence electrons. The smallest absolute Gasteiger partial charge is 0.211 e. The predicted molar refractivity (Wildman–Crippen MR) is 143 cm³/mol. The number of aryl methyl sites for hydroxylation is 1. The van der Waals surface area contributed by atoms with Crippen molar-refractivity contribution in [3.05, 3.63) is 52.6 Å². The molecule has 2 saturated carbocycles. The summed E-state index contributed by atoms with van der Waals surface area (Å²) in [6.45, 7) is 4.31. The Hall–Kier alpha value is -2.64. The molecule has 1 saturated heterocycles. The number of nitrogens with zero attached hydrogens (tertiary/aromatic N) is 1. The van der Waals surface area contributed by atoms with Gasteiger partial charge in [0.15, 0.2) is 0 Å². The van der Waals surface area contributed by atoms with Gasteiger partial charge in [0.1, 0.15) is 22.6 Å². The van der Waals surface area contributed by atoms with Gasteiger partial charge in [-0.25, -0.2) is 0 Å². The van der Waals surface area contributed by atoms with Crippen LogP contribution in [0.2, 0.25) is 0 Å². The molecule has 1 spiro atoms. The van der Waals surface area contributed by atoms with E-state index >= 15 is 0 Å². The van der Waals surface area contributed by atoms with Gasteiger partial charge in [-0.1, -0.05) is 42.0 Å². The lowest BCUT2D eigenvalue weighted by Gasteiger charge is -2.59. The largest absolute Gasteiger partial charge is 0.508 e. The number of nitrogens with one attached hydrogen (secondary N) is 2. The van der Waals surface area contributed by atoms with E-state index in [2.05, 4.69) is 46.7 Å². The van der Waals surface area contributed by atoms with Crippen molar-refractivity contribution in [2.45, 2.75) is 69.1 Å². The van der Waals surface area contributed by atoms with Gasteiger partial charge in [0.05, 0.1) is 11.7 Å². The SMILES string of the molecule is Cc1ccc(C(=S)N[C@@H]2CC[C@H]3[C@H]4Cc5c(O)cc(NC=O)c6c5[C@@]3(CCN4CC3CC3)[C@H]2O6)cc1. The van der Waals surface area contributed by atoms with Gasteiger partial charge in [0, 0.05) is 40.8 Å². The number of aromatic hydroxyl groups is 1. The summed E-state index contributed by atoms with van der Waals surface area (Å²) in [6, 6.07) is 10.5. The summed E-state index contributed by atoms with van der Waals surface area (Å²) < 4.78 is 6.84. The van der Waals surface area contributed by atoms with Crippen LogP contribution in [0, 0.1) is 18.8 Å². The van der Waals surface area contributed by atoms with E-state index in [0.29, 0.717) is 24.1 Å². The highest BCUT2D eigenvalue weighted by Gasteiger charge is 2.66. The Morgan fingerprint density at radius 2 is 2.06 bits per heavy atom. The lowest BCUT2D eigenvalue weighted by Crippen LogP contribution is -2.69. The molecule has 2 heterocycles. The van der Waals surface area contributed by atoms with Crippen molar-refractivity contribution in [3.8, 4) is 11.5 Å². The molecule has 5 aliphatic rings. The van der Waals surface area contributed by atoms with Crippen LogP contribution in [-0.2, 0) is 16.6 Å². The molecule has 6 nitrogen and oxygen atoms in total. The number of likely N-dealkylation sites (tertiary alicyclic amines) is 1. The minimum Gasteiger partial charge on any atom is -0.508 e. The number of thiocarbonyl (C=S) groups is 1. The Morgan fingerprint density at radius 3 is 2.81 bits per heavy atom. The van der Waals surface area contributed by atoms with Crippen LogP contribution in [0.25, 0.3) is 0 Å². The van der Waals surface area contributed by atoms with Crippen LogP contribution in [0.3, 0.4) is 0 Å². The van der Waals surface area contributed by atoms with Gasteiger partial charge in [0.25, 0.3) is 0 Å². The fourth-order valence-corrected chi connectivity index (χ4v) is 8.13. The van der Waals surface area contributed by atoms with Crippen molar-refractivity contribution in [1.29, 1.82) is 0 Å². The number of hydrogen-bond acceptors (Lipinski definition) is 5. The number of rotatable bonds is 6. The third kappa shape index (κ3) is 3.25. The maximum Gasteiger partial charge on any atom is 0.211 e. The molecule has 2 aliphatic heterocycles. The van der Waals surface area contributed by atoms with Crippen LogP contribution in [0.4, 0.5) is 5.69 Å². The van der Waals surface area contributed by atoms with E-state index in [1.807, 2.05) is 0 Å². The number of phenolic OH excluding ortho intramolecular Hbond substituents is 1. The van der Waals surface area contributed by atoms with Crippen molar-refractivity contribution < 1.29 is 14.6 Å². The summed E-state index contributed by atoms with van der Waals surface area (Å²) in [5.41, 5.74) is 4.80. The van der Waals surface area contributed by atoms with E-state index in [-0.39, 0.29) is 23.3 Å². The zero-order valence-corrected chi connectivity index (χ0v) is 21.4. The summed E-state index contributed by atoms with van der Waals surface area (Å²) in [4.78, 5) is 14.9. The number of ether oxygens (including phenoxy) is 1. The highest BCUT2D eigenvalue weighted by Crippen LogP contribution is 2.65. The van der Waals surface area contributed by atoms with Crippen molar-refractivity contribution in [1.82, 2.24) is 10.2 Å². The molecule has 1 amide bonds. The van der Waals surface area contributed by atoms with E-state index < -0.39 is 0 Å². The van der Waals surface area contributed by atoms with Crippen LogP contribution >= 0.6 is 12.2 Å². The number of anilines is 1. The van der Waals surface area contributed by atoms with E-state index in [0.717, 1.165) is 65.6 Å². The van der Waals surface area contributed by atoms with Gasteiger partial charge in [-0.3, -0.25) is 9.69 Å². The molecule has 7 heteroatoms. The topological polar surface area (TPSA) is 73.8 Å². The van der Waals surface area contributed by atoms with Gasteiger partial charge in [-0.15, -0.1) is 0 Å². The van der Waals surface area contributed by atoms with Gasteiger partial charge >= 0.3 is 0 Å². The molecule has 2 aromatic rings. The highest BCUT2D eigenvalue weighted by atomic mass is 32.1. The Kier molecular flexibility index (Phi) is 5.13. The Morgan fingerprint density at radius 1 is 1.25 bits per heavy atom. The average molecular weight is 504 g/mol. The first kappa shape index (κ1) is 22.5. The van der Waals surface area contributed by atoms with Crippen molar-refractivity contribution >= 4 is 29.3 Å². The van der Waals surface area contributed by atoms with E-state index in [9.17, 15) is 9.90 Å². The maximum atomic E-state index is 11.4. The van der Waals surface area contributed by atoms with Gasteiger partial charge in [0.2, 0.25) is 6.41 Å². The number of amides is 1. The lowest BCUT2D eigenvalue weighted by molar-refractivity contribution is -0.105. The molecule has 36 heavy (non-hydrogen) atoms. The molecule has 0 unspecified atom stereocenters. The fourth-order valence-electron chi connectivity index (χ4n) is 7.84. The molecule has 3 aliphatic carbocycles. The standard InChI is InChI=1S/C29H33N3O3S/c1-16-2-6-18(7-3-16)28(36)31-21-9-8-20-23-12-19-24(34)13-22(30-15-33)26-25(19)29(20,27(21)35-26)10-11-32(23)14-17-4-5-17/h2-3,6-7,13,15,17,20-21,23,27,34H,4-5,8-12,14H2,1H3,(H,30,33)(H,31,36)/t20-,21+,23+,27-,29-/m0/s1. The number of piperidine rings is 1. The van der Waals surface area contributed by atoms with Crippen LogP contribution in [-0.4, -0.2) is 52.7 Å². The molecular weight excluding hydrogens is 470 g/mol. The molecule has 5 atom stereocenters. The molecular formula is C29H33N3O3S. The molecule has 0 radical (unpaired) electrons. The monoisotopic (exact) mass is 503 g/mol. The molecule has 3 N–H and O–H groups in total. The third-order valence-electron chi connectivity index (χ3n) is 9.59. The number of phenols is 1. The quantitative estimate of drug-likeness (QED) is 0.408. The second kappa shape index (κ2) is 8.18. The van der Waals surface area contributed by atoms with Gasteiger partial charge in [-0.05, 0) is 63.8 Å². The van der Waals surface area contributed by atoms with Gasteiger partial charge < -0.3 is 20.5 Å². The Labute approximate surface area is 217 Å². The Balaban J connectivity index is 1.29. The summed E-state index contributed by atoms with van der Waals surface area (Å²) >= 11 is 5.86. The molecule has 7 rings (SSSR count). The van der Waals surface area contributed by atoms with Crippen LogP contribution in [0.5, 0.6) is 11.5 Å². The molecule has 0 aromatic heterocycles. The van der Waals surface area contributed by atoms with Crippen molar-refractivity contribution in [2.24, 2.45) is 11.8 Å². The number of carbonyl (C=O) groups is 1. The van der Waals surface area contributed by atoms with Crippen molar-refractivity contribution in [3.63, 3.8) is 0 Å². The normalized spacial score (nSPS) is 31.8. The van der Waals surface area contributed by atoms with E-state index in [1.54, 1.807) is 6.07 Å². The predicted octanol–water partition coefficient (Wildman–Crippen LogP) is 4.05. The molecule has 2 bridgehead atoms. The van der Waals surface area contributed by atoms with Crippen LogP contribution < -0.4 is 15.4 Å². The van der Waals surface area contributed by atoms with E-state index in [1.165, 1.54) is 24.9 Å².